The number of para-hydroxylation sites is 1. The zero-order valence-electron chi connectivity index (χ0n) is 13.0. The van der Waals surface area contributed by atoms with E-state index in [1.807, 2.05) is 19.9 Å². The molecule has 1 fully saturated rings. The van der Waals surface area contributed by atoms with Crippen LogP contribution in [0.4, 0.5) is 4.39 Å². The maximum absolute atomic E-state index is 14.1. The minimum Gasteiger partial charge on any atom is -0.493 e. The molecule has 118 valence electrons. The molecule has 0 radical (unpaired) electrons. The van der Waals surface area contributed by atoms with E-state index in [0.29, 0.717) is 0 Å². The minimum absolute atomic E-state index is 0.0290. The van der Waals surface area contributed by atoms with Crippen molar-refractivity contribution in [3.63, 3.8) is 0 Å². The van der Waals surface area contributed by atoms with Crippen LogP contribution in [0.2, 0.25) is 0 Å². The van der Waals surface area contributed by atoms with E-state index in [1.165, 1.54) is 13.2 Å². The van der Waals surface area contributed by atoms with Crippen molar-refractivity contribution < 1.29 is 14.2 Å². The predicted octanol–water partition coefficient (Wildman–Crippen LogP) is 1.80. The van der Waals surface area contributed by atoms with Gasteiger partial charge in [-0.05, 0) is 6.07 Å². The molecule has 1 aliphatic heterocycles. The first-order valence-electron chi connectivity index (χ1n) is 7.39. The number of nitrogens with zero attached hydrogens (tertiary/aromatic N) is 1. The minimum atomic E-state index is -0.390. The molecule has 1 aromatic carbocycles. The average molecular weight is 296 g/mol. The number of ether oxygens (including phenoxy) is 1. The molecule has 0 aliphatic carbocycles. The number of methoxy groups -OCH3 is 1. The first-order valence-corrected chi connectivity index (χ1v) is 7.39. The van der Waals surface area contributed by atoms with E-state index in [1.54, 1.807) is 6.07 Å². The van der Waals surface area contributed by atoms with Gasteiger partial charge in [-0.15, -0.1) is 0 Å². The van der Waals surface area contributed by atoms with E-state index in [4.69, 9.17) is 4.74 Å². The summed E-state index contributed by atoms with van der Waals surface area (Å²) in [6.45, 7) is 7.57. The van der Waals surface area contributed by atoms with Crippen LogP contribution in [0, 0.1) is 11.2 Å². The monoisotopic (exact) mass is 296 g/mol. The quantitative estimate of drug-likeness (QED) is 0.870. The van der Waals surface area contributed by atoms with Crippen LogP contribution >= 0.6 is 0 Å². The number of halogens is 1. The molecule has 0 spiro atoms. The average Bonchev–Trinajstić information content (AvgIpc) is 2.48. The Bertz CT molecular complexity index is 473. The van der Waals surface area contributed by atoms with Crippen LogP contribution in [0.25, 0.3) is 0 Å². The molecule has 2 rings (SSSR count). The second-order valence-corrected chi connectivity index (χ2v) is 6.20. The van der Waals surface area contributed by atoms with Gasteiger partial charge in [-0.3, -0.25) is 4.90 Å². The lowest BCUT2D eigenvalue weighted by molar-refractivity contribution is 0.0290. The van der Waals surface area contributed by atoms with E-state index >= 15 is 0 Å². The van der Waals surface area contributed by atoms with Gasteiger partial charge in [0.05, 0.1) is 7.11 Å². The largest absolute Gasteiger partial charge is 0.493 e. The Morgan fingerprint density at radius 2 is 2.05 bits per heavy atom. The fourth-order valence-corrected chi connectivity index (χ4v) is 3.09. The summed E-state index contributed by atoms with van der Waals surface area (Å²) in [5.74, 6) is -0.0774. The molecule has 1 heterocycles. The summed E-state index contributed by atoms with van der Waals surface area (Å²) >= 11 is 0. The molecule has 4 nitrogen and oxygen atoms in total. The molecule has 21 heavy (non-hydrogen) atoms. The molecule has 1 saturated heterocycles. The molecule has 0 saturated carbocycles. The molecule has 2 N–H and O–H groups in total. The highest BCUT2D eigenvalue weighted by Gasteiger charge is 2.37. The van der Waals surface area contributed by atoms with Crippen molar-refractivity contribution >= 4 is 0 Å². The van der Waals surface area contributed by atoms with Crippen molar-refractivity contribution in [2.75, 3.05) is 39.9 Å². The SMILES string of the molecule is COc1c(F)cccc1[C@@H](N1CCNCC1)C(C)(C)CO. The number of rotatable bonds is 5. The van der Waals surface area contributed by atoms with Crippen molar-refractivity contribution in [1.29, 1.82) is 0 Å². The number of aliphatic hydroxyl groups excluding tert-OH is 1. The molecular weight excluding hydrogens is 271 g/mol. The van der Waals surface area contributed by atoms with Gasteiger partial charge in [-0.2, -0.15) is 0 Å². The van der Waals surface area contributed by atoms with Crippen LogP contribution in [0.3, 0.4) is 0 Å². The van der Waals surface area contributed by atoms with Gasteiger partial charge in [-0.25, -0.2) is 4.39 Å². The molecular formula is C16H25FN2O2. The van der Waals surface area contributed by atoms with E-state index in [2.05, 4.69) is 10.2 Å². The molecule has 1 aromatic rings. The third kappa shape index (κ3) is 3.36. The fourth-order valence-electron chi connectivity index (χ4n) is 3.09. The van der Waals surface area contributed by atoms with Gasteiger partial charge in [-0.1, -0.05) is 26.0 Å². The van der Waals surface area contributed by atoms with Gasteiger partial charge in [0, 0.05) is 49.8 Å². The molecule has 0 aromatic heterocycles. The highest BCUT2D eigenvalue weighted by atomic mass is 19.1. The van der Waals surface area contributed by atoms with Crippen LogP contribution < -0.4 is 10.1 Å². The highest BCUT2D eigenvalue weighted by Crippen LogP contribution is 2.42. The van der Waals surface area contributed by atoms with Gasteiger partial charge in [0.1, 0.15) is 0 Å². The van der Waals surface area contributed by atoms with Gasteiger partial charge >= 0.3 is 0 Å². The zero-order chi connectivity index (χ0) is 15.5. The standard InChI is InChI=1S/C16H25FN2O2/c1-16(2,11-20)15(19-9-7-18-8-10-19)12-5-4-6-13(17)14(12)21-3/h4-6,15,18,20H,7-11H2,1-3H3/t15-/m1/s1. The summed E-state index contributed by atoms with van der Waals surface area (Å²) in [5.41, 5.74) is 0.414. The first kappa shape index (κ1) is 16.2. The first-order chi connectivity index (χ1) is 10.0. The Kier molecular flexibility index (Phi) is 5.19. The van der Waals surface area contributed by atoms with Crippen molar-refractivity contribution in [1.82, 2.24) is 10.2 Å². The van der Waals surface area contributed by atoms with Crippen LogP contribution in [0.15, 0.2) is 18.2 Å². The van der Waals surface area contributed by atoms with Crippen molar-refractivity contribution in [2.24, 2.45) is 5.41 Å². The molecule has 1 aliphatic rings. The summed E-state index contributed by atoms with van der Waals surface area (Å²) in [6.07, 6.45) is 0. The number of benzene rings is 1. The second kappa shape index (κ2) is 6.73. The number of nitrogens with one attached hydrogen (secondary N) is 1. The molecule has 0 unspecified atom stereocenters. The summed E-state index contributed by atoms with van der Waals surface area (Å²) in [7, 11) is 1.49. The third-order valence-corrected chi connectivity index (χ3v) is 4.16. The van der Waals surface area contributed by atoms with Crippen molar-refractivity contribution in [2.45, 2.75) is 19.9 Å². The lowest BCUT2D eigenvalue weighted by atomic mass is 9.79. The Morgan fingerprint density at radius 1 is 1.38 bits per heavy atom. The van der Waals surface area contributed by atoms with Crippen LogP contribution in [0.5, 0.6) is 5.75 Å². The molecule has 0 bridgehead atoms. The summed E-state index contributed by atoms with van der Waals surface area (Å²) in [4.78, 5) is 2.30. The summed E-state index contributed by atoms with van der Waals surface area (Å²) < 4.78 is 19.3. The zero-order valence-corrected chi connectivity index (χ0v) is 13.0. The normalized spacial score (nSPS) is 18.5. The maximum atomic E-state index is 14.1. The molecule has 1 atom stereocenters. The Morgan fingerprint density at radius 3 is 2.62 bits per heavy atom. The number of hydrogen-bond acceptors (Lipinski definition) is 4. The third-order valence-electron chi connectivity index (χ3n) is 4.16. The lowest BCUT2D eigenvalue weighted by Crippen LogP contribution is -2.49. The van der Waals surface area contributed by atoms with Gasteiger partial charge in [0.25, 0.3) is 0 Å². The van der Waals surface area contributed by atoms with Gasteiger partial charge in [0.15, 0.2) is 11.6 Å². The Hall–Kier alpha value is -1.17. The van der Waals surface area contributed by atoms with Gasteiger partial charge < -0.3 is 15.2 Å². The lowest BCUT2D eigenvalue weighted by Gasteiger charge is -2.43. The second-order valence-electron chi connectivity index (χ2n) is 6.20. The molecule has 0 amide bonds. The topological polar surface area (TPSA) is 44.7 Å². The van der Waals surface area contributed by atoms with Crippen molar-refractivity contribution in [3.05, 3.63) is 29.6 Å². The van der Waals surface area contributed by atoms with Crippen LogP contribution in [0.1, 0.15) is 25.5 Å². The summed E-state index contributed by atoms with van der Waals surface area (Å²) in [6, 6.07) is 4.92. The van der Waals surface area contributed by atoms with Crippen molar-refractivity contribution in [3.8, 4) is 5.75 Å². The van der Waals surface area contributed by atoms with Gasteiger partial charge in [0.2, 0.25) is 0 Å². The highest BCUT2D eigenvalue weighted by molar-refractivity contribution is 5.38. The number of aliphatic hydroxyl groups is 1. The number of piperazine rings is 1. The summed E-state index contributed by atoms with van der Waals surface area (Å²) in [5, 5.41) is 13.1. The van der Waals surface area contributed by atoms with Crippen LogP contribution in [-0.2, 0) is 0 Å². The van der Waals surface area contributed by atoms with E-state index in [0.717, 1.165) is 31.7 Å². The smallest absolute Gasteiger partial charge is 0.165 e. The Labute approximate surface area is 125 Å². The number of hydrogen-bond donors (Lipinski definition) is 2. The van der Waals surface area contributed by atoms with Crippen LogP contribution in [-0.4, -0.2) is 49.9 Å². The van der Waals surface area contributed by atoms with E-state index in [9.17, 15) is 9.50 Å². The predicted molar refractivity (Wildman–Crippen MR) is 81.0 cm³/mol. The Balaban J connectivity index is 2.46. The van der Waals surface area contributed by atoms with E-state index < -0.39 is 5.41 Å². The molecule has 5 heteroatoms. The maximum Gasteiger partial charge on any atom is 0.165 e. The fraction of sp³-hybridized carbons (Fsp3) is 0.625. The van der Waals surface area contributed by atoms with E-state index in [-0.39, 0.29) is 24.2 Å².